The van der Waals surface area contributed by atoms with E-state index in [1.165, 1.54) is 0 Å². The topological polar surface area (TPSA) is 42.8 Å². The lowest BCUT2D eigenvalue weighted by Gasteiger charge is -2.22. The van der Waals surface area contributed by atoms with Crippen molar-refractivity contribution in [3.05, 3.63) is 0 Å². The molecule has 0 aromatic rings. The molecule has 1 rings (SSSR count). The quantitative estimate of drug-likeness (QED) is 0.411. The van der Waals surface area contributed by atoms with E-state index in [0.717, 1.165) is 38.3 Å². The molecule has 0 aliphatic carbocycles. The minimum atomic E-state index is 0.596. The van der Waals surface area contributed by atoms with Crippen molar-refractivity contribution in [1.82, 2.24) is 5.32 Å². The van der Waals surface area contributed by atoms with Crippen LogP contribution in [-0.4, -0.2) is 38.1 Å². The minimum absolute atomic E-state index is 0.596. The molecule has 4 nitrogen and oxygen atoms in total. The summed E-state index contributed by atoms with van der Waals surface area (Å²) >= 11 is 0. The highest BCUT2D eigenvalue weighted by molar-refractivity contribution is 5.78. The van der Waals surface area contributed by atoms with Crippen LogP contribution in [0.2, 0.25) is 0 Å². The van der Waals surface area contributed by atoms with Crippen molar-refractivity contribution in [2.75, 3.05) is 26.4 Å². The third kappa shape index (κ3) is 5.19. The first-order valence-electron chi connectivity index (χ1n) is 5.23. The number of hydrogen-bond donors (Lipinski definition) is 1. The standard InChI is InChI=1S/C10H20N2O2/c1-9(2)12-14-8-5-11-10-3-6-13-7-4-10/h10-11H,3-8H2,1-2H3. The van der Waals surface area contributed by atoms with Crippen LogP contribution in [0.3, 0.4) is 0 Å². The van der Waals surface area contributed by atoms with Crippen LogP contribution in [0.5, 0.6) is 0 Å². The molecule has 82 valence electrons. The highest BCUT2D eigenvalue weighted by Crippen LogP contribution is 2.05. The van der Waals surface area contributed by atoms with Gasteiger partial charge in [-0.2, -0.15) is 0 Å². The first kappa shape index (κ1) is 11.5. The molecule has 14 heavy (non-hydrogen) atoms. The SMILES string of the molecule is CC(C)=NOCCNC1CCOCC1. The van der Waals surface area contributed by atoms with Gasteiger partial charge in [0.1, 0.15) is 6.61 Å². The van der Waals surface area contributed by atoms with Crippen LogP contribution in [0.15, 0.2) is 5.16 Å². The minimum Gasteiger partial charge on any atom is -0.395 e. The number of oxime groups is 1. The summed E-state index contributed by atoms with van der Waals surface area (Å²) in [6, 6.07) is 0.596. The van der Waals surface area contributed by atoms with E-state index in [-0.39, 0.29) is 0 Å². The number of ether oxygens (including phenoxy) is 1. The van der Waals surface area contributed by atoms with Gasteiger partial charge in [-0.15, -0.1) is 0 Å². The molecule has 0 aromatic heterocycles. The first-order chi connectivity index (χ1) is 6.79. The van der Waals surface area contributed by atoms with E-state index in [1.807, 2.05) is 13.8 Å². The molecular formula is C10H20N2O2. The van der Waals surface area contributed by atoms with E-state index >= 15 is 0 Å². The monoisotopic (exact) mass is 200 g/mol. The van der Waals surface area contributed by atoms with Crippen LogP contribution in [-0.2, 0) is 9.57 Å². The van der Waals surface area contributed by atoms with Gasteiger partial charge in [-0.25, -0.2) is 0 Å². The molecule has 1 aliphatic heterocycles. The predicted molar refractivity (Wildman–Crippen MR) is 56.6 cm³/mol. The zero-order chi connectivity index (χ0) is 10.2. The van der Waals surface area contributed by atoms with Gasteiger partial charge in [-0.05, 0) is 26.7 Å². The summed E-state index contributed by atoms with van der Waals surface area (Å²) in [6.07, 6.45) is 2.21. The maximum atomic E-state index is 5.27. The van der Waals surface area contributed by atoms with Gasteiger partial charge in [-0.3, -0.25) is 0 Å². The second-order valence-electron chi connectivity index (χ2n) is 3.71. The molecule has 1 saturated heterocycles. The van der Waals surface area contributed by atoms with Gasteiger partial charge in [0.2, 0.25) is 0 Å². The van der Waals surface area contributed by atoms with Gasteiger partial charge in [-0.1, -0.05) is 5.16 Å². The molecule has 1 fully saturated rings. The van der Waals surface area contributed by atoms with Gasteiger partial charge in [0.15, 0.2) is 0 Å². The Balaban J connectivity index is 1.95. The average molecular weight is 200 g/mol. The Bertz CT molecular complexity index is 173. The van der Waals surface area contributed by atoms with E-state index < -0.39 is 0 Å². The number of hydrogen-bond acceptors (Lipinski definition) is 4. The lowest BCUT2D eigenvalue weighted by atomic mass is 10.1. The van der Waals surface area contributed by atoms with Crippen LogP contribution < -0.4 is 5.32 Å². The molecule has 0 bridgehead atoms. The van der Waals surface area contributed by atoms with Gasteiger partial charge in [0, 0.05) is 25.8 Å². The smallest absolute Gasteiger partial charge is 0.129 e. The Morgan fingerprint density at radius 1 is 1.43 bits per heavy atom. The van der Waals surface area contributed by atoms with Crippen LogP contribution in [0.25, 0.3) is 0 Å². The largest absolute Gasteiger partial charge is 0.395 e. The zero-order valence-electron chi connectivity index (χ0n) is 9.08. The second-order valence-corrected chi connectivity index (χ2v) is 3.71. The molecule has 1 aliphatic rings. The lowest BCUT2D eigenvalue weighted by Crippen LogP contribution is -2.36. The molecule has 0 unspecified atom stereocenters. The molecule has 0 saturated carbocycles. The molecule has 0 aromatic carbocycles. The van der Waals surface area contributed by atoms with E-state index in [4.69, 9.17) is 9.57 Å². The maximum Gasteiger partial charge on any atom is 0.129 e. The molecule has 4 heteroatoms. The van der Waals surface area contributed by atoms with E-state index in [0.29, 0.717) is 12.6 Å². The van der Waals surface area contributed by atoms with Crippen LogP contribution in [0.4, 0.5) is 0 Å². The fourth-order valence-electron chi connectivity index (χ4n) is 1.39. The van der Waals surface area contributed by atoms with Crippen molar-refractivity contribution in [2.45, 2.75) is 32.7 Å². The average Bonchev–Trinajstić information content (AvgIpc) is 2.18. The molecule has 0 atom stereocenters. The second kappa shape index (κ2) is 6.79. The Kier molecular flexibility index (Phi) is 5.56. The van der Waals surface area contributed by atoms with Crippen molar-refractivity contribution in [3.8, 4) is 0 Å². The summed E-state index contributed by atoms with van der Waals surface area (Å²) in [7, 11) is 0. The summed E-state index contributed by atoms with van der Waals surface area (Å²) in [5, 5.41) is 7.28. The maximum absolute atomic E-state index is 5.27. The van der Waals surface area contributed by atoms with E-state index in [9.17, 15) is 0 Å². The highest BCUT2D eigenvalue weighted by atomic mass is 16.6. The number of rotatable bonds is 5. The van der Waals surface area contributed by atoms with Crippen molar-refractivity contribution < 1.29 is 9.57 Å². The van der Waals surface area contributed by atoms with Gasteiger partial charge < -0.3 is 14.9 Å². The summed E-state index contributed by atoms with van der Waals surface area (Å²) in [4.78, 5) is 5.08. The van der Waals surface area contributed by atoms with Crippen molar-refractivity contribution >= 4 is 5.71 Å². The third-order valence-corrected chi connectivity index (χ3v) is 2.09. The molecule has 0 spiro atoms. The van der Waals surface area contributed by atoms with Gasteiger partial charge in [0.05, 0.1) is 5.71 Å². The summed E-state index contributed by atoms with van der Waals surface area (Å²) in [6.45, 7) is 7.11. The molecular weight excluding hydrogens is 180 g/mol. The zero-order valence-corrected chi connectivity index (χ0v) is 9.08. The molecule has 1 heterocycles. The van der Waals surface area contributed by atoms with Crippen LogP contribution >= 0.6 is 0 Å². The first-order valence-corrected chi connectivity index (χ1v) is 5.23. The summed E-state index contributed by atoms with van der Waals surface area (Å²) < 4.78 is 5.27. The molecule has 0 amide bonds. The van der Waals surface area contributed by atoms with Crippen LogP contribution in [0, 0.1) is 0 Å². The normalized spacial score (nSPS) is 17.9. The third-order valence-electron chi connectivity index (χ3n) is 2.09. The molecule has 1 N–H and O–H groups in total. The Labute approximate surface area is 85.6 Å². The molecule has 0 radical (unpaired) electrons. The van der Waals surface area contributed by atoms with Crippen molar-refractivity contribution in [1.29, 1.82) is 0 Å². The van der Waals surface area contributed by atoms with E-state index in [2.05, 4.69) is 10.5 Å². The van der Waals surface area contributed by atoms with Crippen LogP contribution in [0.1, 0.15) is 26.7 Å². The summed E-state index contributed by atoms with van der Waals surface area (Å²) in [5.74, 6) is 0. The highest BCUT2D eigenvalue weighted by Gasteiger charge is 2.11. The predicted octanol–water partition coefficient (Wildman–Crippen LogP) is 1.17. The number of nitrogens with zero attached hydrogens (tertiary/aromatic N) is 1. The van der Waals surface area contributed by atoms with E-state index in [1.54, 1.807) is 0 Å². The lowest BCUT2D eigenvalue weighted by molar-refractivity contribution is 0.0735. The van der Waals surface area contributed by atoms with Gasteiger partial charge in [0.25, 0.3) is 0 Å². The Morgan fingerprint density at radius 3 is 2.79 bits per heavy atom. The van der Waals surface area contributed by atoms with Crippen molar-refractivity contribution in [2.24, 2.45) is 5.16 Å². The summed E-state index contributed by atoms with van der Waals surface area (Å²) in [5.41, 5.74) is 0.955. The number of nitrogens with one attached hydrogen (secondary N) is 1. The van der Waals surface area contributed by atoms with Gasteiger partial charge >= 0.3 is 0 Å². The Hall–Kier alpha value is -0.610. The Morgan fingerprint density at radius 2 is 2.14 bits per heavy atom. The van der Waals surface area contributed by atoms with Crippen molar-refractivity contribution in [3.63, 3.8) is 0 Å². The fraction of sp³-hybridized carbons (Fsp3) is 0.900. The fourth-order valence-corrected chi connectivity index (χ4v) is 1.39.